The Labute approximate surface area is 222 Å². The minimum atomic E-state index is -3.67. The molecule has 0 fully saturated rings. The van der Waals surface area contributed by atoms with Gasteiger partial charge in [0.25, 0.3) is 10.1 Å². The largest absolute Gasteiger partial charge is 0.419 e. The predicted octanol–water partition coefficient (Wildman–Crippen LogP) is 4.51. The summed E-state index contributed by atoms with van der Waals surface area (Å²) in [5.74, 6) is -1.37. The fourth-order valence-electron chi connectivity index (χ4n) is 2.87. The molecule has 0 radical (unpaired) electrons. The van der Waals surface area contributed by atoms with E-state index in [9.17, 15) is 22.8 Å². The molecule has 202 valence electrons. The Balaban J connectivity index is 0.000000926. The monoisotopic (exact) mass is 541 g/mol. The lowest BCUT2D eigenvalue weighted by Crippen LogP contribution is -2.39. The second-order valence-corrected chi connectivity index (χ2v) is 10.9. The third-order valence-corrected chi connectivity index (χ3v) is 4.75. The van der Waals surface area contributed by atoms with Crippen molar-refractivity contribution in [3.63, 3.8) is 0 Å². The van der Waals surface area contributed by atoms with Gasteiger partial charge in [-0.2, -0.15) is 8.42 Å². The van der Waals surface area contributed by atoms with E-state index in [4.69, 9.17) is 14.0 Å². The van der Waals surface area contributed by atoms with Gasteiger partial charge in [0.2, 0.25) is 0 Å². The number of carbonyl (C=O) groups excluding carboxylic acids is 3. The van der Waals surface area contributed by atoms with Crippen LogP contribution in [0, 0.1) is 6.92 Å². The first-order valence-corrected chi connectivity index (χ1v) is 13.4. The van der Waals surface area contributed by atoms with Crippen molar-refractivity contribution in [2.24, 2.45) is 0 Å². The molecule has 0 spiro atoms. The molecule has 0 bridgehead atoms. The SMILES string of the molecule is CS(=O)(=O)O.Cc1ccc(C(=O)Oc2ccc(C(=O)CNC(C)(C)C)cc2OC(=O)c2ccccc2)cc1. The molecule has 0 saturated heterocycles. The van der Waals surface area contributed by atoms with Gasteiger partial charge < -0.3 is 14.8 Å². The standard InChI is InChI=1S/C27H27NO5.CH4O3S/c1-18-10-12-20(13-11-18)26(31)32-23-15-14-21(22(29)17-28-27(2,3)4)16-24(23)33-25(30)19-8-6-5-7-9-19;1-5(2,3)4/h5-16,28H,17H2,1-4H3;1H3,(H,2,3,4). The number of nitrogens with one attached hydrogen (secondary N) is 1. The van der Waals surface area contributed by atoms with Gasteiger partial charge in [0.1, 0.15) is 0 Å². The van der Waals surface area contributed by atoms with Crippen molar-refractivity contribution in [2.45, 2.75) is 33.2 Å². The Morgan fingerprint density at radius 1 is 0.789 bits per heavy atom. The number of esters is 2. The van der Waals surface area contributed by atoms with Crippen molar-refractivity contribution >= 4 is 27.8 Å². The van der Waals surface area contributed by atoms with Crippen LogP contribution in [0.15, 0.2) is 72.8 Å². The van der Waals surface area contributed by atoms with Gasteiger partial charge in [-0.15, -0.1) is 0 Å². The number of rotatable bonds is 7. The lowest BCUT2D eigenvalue weighted by Gasteiger charge is -2.20. The zero-order chi connectivity index (χ0) is 28.5. The van der Waals surface area contributed by atoms with Crippen molar-refractivity contribution < 1.29 is 36.8 Å². The van der Waals surface area contributed by atoms with Crippen molar-refractivity contribution in [1.82, 2.24) is 5.32 Å². The van der Waals surface area contributed by atoms with E-state index in [0.29, 0.717) is 22.9 Å². The van der Waals surface area contributed by atoms with Gasteiger partial charge in [-0.3, -0.25) is 9.35 Å². The van der Waals surface area contributed by atoms with Crippen LogP contribution < -0.4 is 14.8 Å². The van der Waals surface area contributed by atoms with Gasteiger partial charge in [-0.05, 0) is 70.2 Å². The molecule has 3 rings (SSSR count). The van der Waals surface area contributed by atoms with Gasteiger partial charge in [0, 0.05) is 11.1 Å². The van der Waals surface area contributed by atoms with E-state index < -0.39 is 22.1 Å². The highest BCUT2D eigenvalue weighted by Crippen LogP contribution is 2.30. The first-order valence-electron chi connectivity index (χ1n) is 11.5. The zero-order valence-corrected chi connectivity index (χ0v) is 22.7. The summed E-state index contributed by atoms with van der Waals surface area (Å²) in [4.78, 5) is 37.9. The second-order valence-electron chi connectivity index (χ2n) is 9.43. The average Bonchev–Trinajstić information content (AvgIpc) is 2.83. The first-order chi connectivity index (χ1) is 17.6. The predicted molar refractivity (Wildman–Crippen MR) is 144 cm³/mol. The van der Waals surface area contributed by atoms with Gasteiger partial charge in [-0.25, -0.2) is 9.59 Å². The normalized spacial score (nSPS) is 11.1. The van der Waals surface area contributed by atoms with E-state index in [1.807, 2.05) is 27.7 Å². The number of carbonyl (C=O) groups is 3. The van der Waals surface area contributed by atoms with Crippen LogP contribution in [0.5, 0.6) is 11.5 Å². The van der Waals surface area contributed by atoms with Crippen molar-refractivity contribution in [1.29, 1.82) is 0 Å². The maximum atomic E-state index is 12.7. The zero-order valence-electron chi connectivity index (χ0n) is 21.8. The Bertz CT molecular complexity index is 1370. The summed E-state index contributed by atoms with van der Waals surface area (Å²) < 4.78 is 36.9. The maximum absolute atomic E-state index is 12.7. The second kappa shape index (κ2) is 13.1. The van der Waals surface area contributed by atoms with Crippen LogP contribution >= 0.6 is 0 Å². The van der Waals surface area contributed by atoms with Crippen LogP contribution in [-0.2, 0) is 10.1 Å². The lowest BCUT2D eigenvalue weighted by molar-refractivity contribution is 0.0682. The van der Waals surface area contributed by atoms with Crippen LogP contribution in [0.3, 0.4) is 0 Å². The highest BCUT2D eigenvalue weighted by molar-refractivity contribution is 7.85. The molecule has 0 aliphatic heterocycles. The molecule has 9 nitrogen and oxygen atoms in total. The fourth-order valence-corrected chi connectivity index (χ4v) is 2.87. The summed E-state index contributed by atoms with van der Waals surface area (Å²) in [6, 6.07) is 19.8. The number of aryl methyl sites for hydroxylation is 1. The molecule has 0 unspecified atom stereocenters. The Morgan fingerprint density at radius 2 is 1.26 bits per heavy atom. The quantitative estimate of drug-likeness (QED) is 0.192. The Kier molecular flexibility index (Phi) is 10.5. The van der Waals surface area contributed by atoms with Crippen LogP contribution in [0.4, 0.5) is 0 Å². The van der Waals surface area contributed by atoms with Crippen LogP contribution in [0.25, 0.3) is 0 Å². The smallest absolute Gasteiger partial charge is 0.343 e. The van der Waals surface area contributed by atoms with Crippen molar-refractivity contribution in [3.8, 4) is 11.5 Å². The molecular weight excluding hydrogens is 510 g/mol. The average molecular weight is 542 g/mol. The molecule has 3 aromatic rings. The summed E-state index contributed by atoms with van der Waals surface area (Å²) in [5, 5.41) is 3.14. The van der Waals surface area contributed by atoms with Gasteiger partial charge in [0.15, 0.2) is 17.3 Å². The highest BCUT2D eigenvalue weighted by atomic mass is 32.2. The third-order valence-electron chi connectivity index (χ3n) is 4.75. The number of benzene rings is 3. The summed E-state index contributed by atoms with van der Waals surface area (Å²) in [6.07, 6.45) is 0.715. The Hall–Kier alpha value is -3.86. The molecule has 0 aromatic heterocycles. The topological polar surface area (TPSA) is 136 Å². The van der Waals surface area contributed by atoms with E-state index in [0.717, 1.165) is 5.56 Å². The van der Waals surface area contributed by atoms with Crippen LogP contribution in [0.2, 0.25) is 0 Å². The number of ketones is 1. The molecule has 2 N–H and O–H groups in total. The molecule has 0 aliphatic rings. The van der Waals surface area contributed by atoms with E-state index in [1.54, 1.807) is 60.7 Å². The van der Waals surface area contributed by atoms with Crippen LogP contribution in [-0.4, -0.2) is 49.0 Å². The van der Waals surface area contributed by atoms with E-state index >= 15 is 0 Å². The van der Waals surface area contributed by atoms with Gasteiger partial charge in [-0.1, -0.05) is 35.9 Å². The fraction of sp³-hybridized carbons (Fsp3) is 0.250. The summed E-state index contributed by atoms with van der Waals surface area (Å²) in [7, 11) is -3.67. The molecule has 0 amide bonds. The molecule has 0 atom stereocenters. The Morgan fingerprint density at radius 3 is 1.79 bits per heavy atom. The van der Waals surface area contributed by atoms with Crippen LogP contribution in [0.1, 0.15) is 57.4 Å². The van der Waals surface area contributed by atoms with E-state index in [-0.39, 0.29) is 29.4 Å². The van der Waals surface area contributed by atoms with E-state index in [1.165, 1.54) is 12.1 Å². The summed E-state index contributed by atoms with van der Waals surface area (Å²) in [5.41, 5.74) is 1.80. The molecule has 3 aromatic carbocycles. The molecule has 0 aliphatic carbocycles. The lowest BCUT2D eigenvalue weighted by atomic mass is 10.1. The number of hydrogen-bond donors (Lipinski definition) is 2. The molecule has 10 heteroatoms. The third kappa shape index (κ3) is 11.0. The van der Waals surface area contributed by atoms with Gasteiger partial charge in [0.05, 0.1) is 23.9 Å². The first kappa shape index (κ1) is 30.4. The van der Waals surface area contributed by atoms with Crippen molar-refractivity contribution in [3.05, 3.63) is 95.1 Å². The molecule has 0 heterocycles. The summed E-state index contributed by atoms with van der Waals surface area (Å²) in [6.45, 7) is 7.90. The number of Topliss-reactive ketones (excluding diaryl/α,β-unsaturated/α-hetero) is 1. The minimum absolute atomic E-state index is 0.00840. The number of hydrogen-bond acceptors (Lipinski definition) is 8. The van der Waals surface area contributed by atoms with E-state index in [2.05, 4.69) is 5.32 Å². The van der Waals surface area contributed by atoms with Gasteiger partial charge >= 0.3 is 11.9 Å². The number of ether oxygens (including phenoxy) is 2. The molecular formula is C28H31NO8S. The minimum Gasteiger partial charge on any atom is -0.419 e. The molecule has 38 heavy (non-hydrogen) atoms. The van der Waals surface area contributed by atoms with Crippen molar-refractivity contribution in [2.75, 3.05) is 12.8 Å². The summed E-state index contributed by atoms with van der Waals surface area (Å²) >= 11 is 0. The maximum Gasteiger partial charge on any atom is 0.343 e. The molecule has 0 saturated carbocycles. The highest BCUT2D eigenvalue weighted by Gasteiger charge is 2.20.